The molecule has 1 aromatic rings. The van der Waals surface area contributed by atoms with E-state index >= 15 is 0 Å². The van der Waals surface area contributed by atoms with Crippen LogP contribution in [0.4, 0.5) is 0 Å². The summed E-state index contributed by atoms with van der Waals surface area (Å²) in [4.78, 5) is 27.2. The first-order valence-electron chi connectivity index (χ1n) is 6.58. The fourth-order valence-electron chi connectivity index (χ4n) is 1.57. The minimum Gasteiger partial charge on any atom is -0.475 e. The van der Waals surface area contributed by atoms with Gasteiger partial charge in [0.2, 0.25) is 5.88 Å². The number of aliphatic hydroxyl groups excluding tert-OH is 1. The zero-order valence-corrected chi connectivity index (χ0v) is 12.5. The summed E-state index contributed by atoms with van der Waals surface area (Å²) < 4.78 is 19.6. The molecule has 0 radical (unpaired) electrons. The highest BCUT2D eigenvalue weighted by molar-refractivity contribution is 5.91. The van der Waals surface area contributed by atoms with Crippen LogP contribution in [0.2, 0.25) is 0 Å². The molecular weight excluding hydrogens is 294 g/mol. The summed E-state index contributed by atoms with van der Waals surface area (Å²) in [5.74, 6) is -0.871. The van der Waals surface area contributed by atoms with Gasteiger partial charge in [0.15, 0.2) is 0 Å². The Labute approximate surface area is 128 Å². The lowest BCUT2D eigenvalue weighted by Crippen LogP contribution is -2.15. The van der Waals surface area contributed by atoms with E-state index in [1.54, 1.807) is 0 Å². The lowest BCUT2D eigenvalue weighted by Gasteiger charge is -2.10. The van der Waals surface area contributed by atoms with Crippen molar-refractivity contribution in [1.82, 2.24) is 4.98 Å². The van der Waals surface area contributed by atoms with Gasteiger partial charge in [-0.25, -0.2) is 9.78 Å². The van der Waals surface area contributed by atoms with Crippen LogP contribution >= 0.6 is 0 Å². The Balaban J connectivity index is 2.77. The first kappa shape index (κ1) is 17.9. The Morgan fingerprint density at radius 2 is 1.91 bits per heavy atom. The molecule has 0 saturated heterocycles. The molecule has 1 rings (SSSR count). The van der Waals surface area contributed by atoms with Crippen molar-refractivity contribution in [3.05, 3.63) is 23.4 Å². The molecule has 0 amide bonds. The van der Waals surface area contributed by atoms with E-state index in [9.17, 15) is 9.59 Å². The molecule has 22 heavy (non-hydrogen) atoms. The van der Waals surface area contributed by atoms with Gasteiger partial charge in [0, 0.05) is 6.07 Å². The lowest BCUT2D eigenvalue weighted by molar-refractivity contribution is -0.139. The van der Waals surface area contributed by atoms with Gasteiger partial charge in [-0.2, -0.15) is 0 Å². The lowest BCUT2D eigenvalue weighted by atomic mass is 10.1. The van der Waals surface area contributed by atoms with Crippen molar-refractivity contribution in [3.63, 3.8) is 0 Å². The molecule has 1 N–H and O–H groups in total. The fourth-order valence-corrected chi connectivity index (χ4v) is 1.57. The monoisotopic (exact) mass is 313 g/mol. The predicted octanol–water partition coefficient (Wildman–Crippen LogP) is -0.0286. The highest BCUT2D eigenvalue weighted by Gasteiger charge is 2.17. The van der Waals surface area contributed by atoms with Crippen molar-refractivity contribution in [2.75, 3.05) is 40.6 Å². The first-order chi connectivity index (χ1) is 10.6. The van der Waals surface area contributed by atoms with Crippen molar-refractivity contribution in [2.24, 2.45) is 0 Å². The van der Waals surface area contributed by atoms with Gasteiger partial charge in [-0.05, 0) is 6.07 Å². The molecule has 0 aliphatic heterocycles. The van der Waals surface area contributed by atoms with E-state index < -0.39 is 11.9 Å². The smallest absolute Gasteiger partial charge is 0.339 e. The maximum atomic E-state index is 11.6. The Morgan fingerprint density at radius 3 is 2.55 bits per heavy atom. The number of nitrogens with zero attached hydrogens (tertiary/aromatic N) is 1. The minimum atomic E-state index is -0.593. The Kier molecular flexibility index (Phi) is 7.87. The largest absolute Gasteiger partial charge is 0.475 e. The van der Waals surface area contributed by atoms with Crippen molar-refractivity contribution in [2.45, 2.75) is 6.42 Å². The third kappa shape index (κ3) is 5.66. The molecule has 8 nitrogen and oxygen atoms in total. The number of pyridine rings is 1. The standard InChI is InChI=1S/C14H19NO7/c1-19-13(17)9-11-10(14(18)20-2)3-4-12(15-11)22-8-7-21-6-5-16/h3-4,16H,5-9H2,1-2H3. The first-order valence-corrected chi connectivity index (χ1v) is 6.58. The summed E-state index contributed by atoms with van der Waals surface area (Å²) in [5, 5.41) is 8.57. The van der Waals surface area contributed by atoms with Gasteiger partial charge in [-0.15, -0.1) is 0 Å². The highest BCUT2D eigenvalue weighted by Crippen LogP contribution is 2.15. The molecule has 0 unspecified atom stereocenters. The molecule has 8 heteroatoms. The molecule has 0 aromatic carbocycles. The van der Waals surface area contributed by atoms with Gasteiger partial charge in [0.05, 0.1) is 51.7 Å². The topological polar surface area (TPSA) is 104 Å². The van der Waals surface area contributed by atoms with Gasteiger partial charge in [-0.3, -0.25) is 4.79 Å². The minimum absolute atomic E-state index is 0.0602. The van der Waals surface area contributed by atoms with Crippen LogP contribution in [0.3, 0.4) is 0 Å². The van der Waals surface area contributed by atoms with Gasteiger partial charge in [-0.1, -0.05) is 0 Å². The van der Waals surface area contributed by atoms with Crippen LogP contribution < -0.4 is 4.74 Å². The number of esters is 2. The highest BCUT2D eigenvalue weighted by atomic mass is 16.5. The maximum absolute atomic E-state index is 11.6. The van der Waals surface area contributed by atoms with E-state index in [1.165, 1.54) is 26.4 Å². The number of aliphatic hydroxyl groups is 1. The average Bonchev–Trinajstić information content (AvgIpc) is 2.54. The van der Waals surface area contributed by atoms with Crippen LogP contribution in [0.1, 0.15) is 16.1 Å². The zero-order chi connectivity index (χ0) is 16.4. The zero-order valence-electron chi connectivity index (χ0n) is 12.5. The molecule has 1 heterocycles. The second-order valence-corrected chi connectivity index (χ2v) is 4.07. The van der Waals surface area contributed by atoms with Crippen molar-refractivity contribution >= 4 is 11.9 Å². The molecule has 0 spiro atoms. The van der Waals surface area contributed by atoms with Crippen LogP contribution in [0.15, 0.2) is 12.1 Å². The molecule has 0 atom stereocenters. The van der Waals surface area contributed by atoms with E-state index in [0.717, 1.165) is 0 Å². The molecular formula is C14H19NO7. The van der Waals surface area contributed by atoms with Crippen LogP contribution in [-0.4, -0.2) is 62.7 Å². The maximum Gasteiger partial charge on any atom is 0.339 e. The summed E-state index contributed by atoms with van der Waals surface area (Å²) in [5.41, 5.74) is 0.393. The molecule has 0 saturated carbocycles. The molecule has 0 bridgehead atoms. The van der Waals surface area contributed by atoms with Gasteiger partial charge in [0.25, 0.3) is 0 Å². The molecule has 0 aliphatic rings. The van der Waals surface area contributed by atoms with Crippen molar-refractivity contribution in [3.8, 4) is 5.88 Å². The van der Waals surface area contributed by atoms with Crippen LogP contribution in [-0.2, 0) is 25.4 Å². The quantitative estimate of drug-likeness (QED) is 0.501. The van der Waals surface area contributed by atoms with Crippen LogP contribution in [0.25, 0.3) is 0 Å². The van der Waals surface area contributed by atoms with Gasteiger partial charge < -0.3 is 24.1 Å². The van der Waals surface area contributed by atoms with E-state index in [4.69, 9.17) is 14.6 Å². The summed E-state index contributed by atoms with van der Waals surface area (Å²) in [6.07, 6.45) is -0.168. The number of ether oxygens (including phenoxy) is 4. The van der Waals surface area contributed by atoms with Crippen LogP contribution in [0.5, 0.6) is 5.88 Å². The number of aromatic nitrogens is 1. The van der Waals surface area contributed by atoms with Crippen LogP contribution in [0, 0.1) is 0 Å². The third-order valence-electron chi connectivity index (χ3n) is 2.61. The normalized spacial score (nSPS) is 10.1. The number of hydrogen-bond donors (Lipinski definition) is 1. The second-order valence-electron chi connectivity index (χ2n) is 4.07. The van der Waals surface area contributed by atoms with E-state index in [1.807, 2.05) is 0 Å². The summed E-state index contributed by atoms with van der Waals surface area (Å²) in [7, 11) is 2.49. The Bertz CT molecular complexity index is 504. The SMILES string of the molecule is COC(=O)Cc1nc(OCCOCCO)ccc1C(=O)OC. The number of carbonyl (C=O) groups excluding carboxylic acids is 2. The molecule has 0 fully saturated rings. The van der Waals surface area contributed by atoms with Crippen molar-refractivity contribution < 1.29 is 33.6 Å². The van der Waals surface area contributed by atoms with Gasteiger partial charge in [0.1, 0.15) is 6.61 Å². The van der Waals surface area contributed by atoms with E-state index in [0.29, 0.717) is 0 Å². The Morgan fingerprint density at radius 1 is 1.14 bits per heavy atom. The number of rotatable bonds is 9. The summed E-state index contributed by atoms with van der Waals surface area (Å²) >= 11 is 0. The summed E-state index contributed by atoms with van der Waals surface area (Å²) in [6, 6.07) is 2.97. The predicted molar refractivity (Wildman–Crippen MR) is 74.7 cm³/mol. The number of hydrogen-bond acceptors (Lipinski definition) is 8. The fraction of sp³-hybridized carbons (Fsp3) is 0.500. The number of carbonyl (C=O) groups is 2. The van der Waals surface area contributed by atoms with E-state index in [-0.39, 0.29) is 50.0 Å². The van der Waals surface area contributed by atoms with Crippen molar-refractivity contribution in [1.29, 1.82) is 0 Å². The van der Waals surface area contributed by atoms with Gasteiger partial charge >= 0.3 is 11.9 Å². The molecule has 122 valence electrons. The second kappa shape index (κ2) is 9.69. The Hall–Kier alpha value is -2.19. The molecule has 0 aliphatic carbocycles. The average molecular weight is 313 g/mol. The third-order valence-corrected chi connectivity index (χ3v) is 2.61. The number of methoxy groups -OCH3 is 2. The van der Waals surface area contributed by atoms with E-state index in [2.05, 4.69) is 14.5 Å². The molecule has 1 aromatic heterocycles. The summed E-state index contributed by atoms with van der Waals surface area (Å²) in [6.45, 7) is 0.677.